The van der Waals surface area contributed by atoms with Crippen LogP contribution < -0.4 is 0 Å². The lowest BCUT2D eigenvalue weighted by Gasteiger charge is -2.33. The van der Waals surface area contributed by atoms with Gasteiger partial charge < -0.3 is 14.9 Å². The van der Waals surface area contributed by atoms with Crippen molar-refractivity contribution in [2.45, 2.75) is 10.9 Å². The van der Waals surface area contributed by atoms with Crippen molar-refractivity contribution in [1.82, 2.24) is 4.31 Å². The van der Waals surface area contributed by atoms with Gasteiger partial charge in [-0.2, -0.15) is 4.31 Å². The number of aliphatic hydroxyl groups is 1. The molecule has 1 unspecified atom stereocenters. The van der Waals surface area contributed by atoms with Crippen molar-refractivity contribution in [2.24, 2.45) is 0 Å². The molecule has 1 aromatic rings. The molecule has 2 rings (SSSR count). The van der Waals surface area contributed by atoms with Crippen molar-refractivity contribution in [3.05, 3.63) is 29.8 Å². The van der Waals surface area contributed by atoms with Crippen molar-refractivity contribution < 1.29 is 28.2 Å². The fraction of sp³-hybridized carbons (Fsp3) is 0.417. The number of carboxylic acid groups (broad SMARTS) is 1. The quantitative estimate of drug-likeness (QED) is 0.796. The highest BCUT2D eigenvalue weighted by Crippen LogP contribution is 2.23. The molecule has 0 radical (unpaired) electrons. The molecule has 0 amide bonds. The van der Waals surface area contributed by atoms with Gasteiger partial charge in [-0.25, -0.2) is 13.2 Å². The second kappa shape index (κ2) is 5.88. The number of benzene rings is 1. The van der Waals surface area contributed by atoms with Crippen LogP contribution in [0.5, 0.6) is 0 Å². The van der Waals surface area contributed by atoms with Crippen LogP contribution in [0.15, 0.2) is 29.2 Å². The third-order valence-corrected chi connectivity index (χ3v) is 5.10. The number of aromatic carboxylic acids is 1. The standard InChI is InChI=1S/C12H15NO6S/c14-7-9-8-19-6-5-13(9)20(17,18)11-4-2-1-3-10(11)12(15)16/h1-4,9,14H,5-8H2,(H,15,16). The molecule has 1 heterocycles. The number of carboxylic acids is 1. The van der Waals surface area contributed by atoms with E-state index in [0.717, 1.165) is 4.31 Å². The zero-order valence-corrected chi connectivity index (χ0v) is 11.4. The van der Waals surface area contributed by atoms with Crippen LogP contribution in [0.4, 0.5) is 0 Å². The van der Waals surface area contributed by atoms with E-state index in [2.05, 4.69) is 0 Å². The van der Waals surface area contributed by atoms with Crippen molar-refractivity contribution in [2.75, 3.05) is 26.4 Å². The minimum absolute atomic E-state index is 0.0848. The third-order valence-electron chi connectivity index (χ3n) is 3.09. The number of aliphatic hydroxyl groups excluding tert-OH is 1. The van der Waals surface area contributed by atoms with Gasteiger partial charge in [-0.15, -0.1) is 0 Å². The molecular formula is C12H15NO6S. The van der Waals surface area contributed by atoms with E-state index in [0.29, 0.717) is 0 Å². The first kappa shape index (κ1) is 14.9. The largest absolute Gasteiger partial charge is 0.478 e. The van der Waals surface area contributed by atoms with Crippen LogP contribution in [0, 0.1) is 0 Å². The molecule has 1 aliphatic heterocycles. The Bertz CT molecular complexity index is 600. The van der Waals surface area contributed by atoms with Gasteiger partial charge in [-0.1, -0.05) is 12.1 Å². The average molecular weight is 301 g/mol. The van der Waals surface area contributed by atoms with Gasteiger partial charge in [0.25, 0.3) is 0 Å². The number of hydrogen-bond acceptors (Lipinski definition) is 5. The summed E-state index contributed by atoms with van der Waals surface area (Å²) in [7, 11) is -3.99. The van der Waals surface area contributed by atoms with E-state index in [4.69, 9.17) is 9.84 Å². The normalized spacial score (nSPS) is 20.8. The van der Waals surface area contributed by atoms with Crippen molar-refractivity contribution in [3.63, 3.8) is 0 Å². The van der Waals surface area contributed by atoms with Crippen LogP contribution in [0.2, 0.25) is 0 Å². The van der Waals surface area contributed by atoms with E-state index in [-0.39, 0.29) is 36.8 Å². The lowest BCUT2D eigenvalue weighted by molar-refractivity contribution is 0.0109. The molecule has 8 heteroatoms. The Morgan fingerprint density at radius 1 is 1.40 bits per heavy atom. The SMILES string of the molecule is O=C(O)c1ccccc1S(=O)(=O)N1CCOCC1CO. The summed E-state index contributed by atoms with van der Waals surface area (Å²) in [5.41, 5.74) is -0.282. The van der Waals surface area contributed by atoms with Crippen LogP contribution in [0.25, 0.3) is 0 Å². The van der Waals surface area contributed by atoms with Crippen LogP contribution in [0.3, 0.4) is 0 Å². The first-order chi connectivity index (χ1) is 9.48. The monoisotopic (exact) mass is 301 g/mol. The maximum atomic E-state index is 12.6. The number of sulfonamides is 1. The van der Waals surface area contributed by atoms with Crippen molar-refractivity contribution >= 4 is 16.0 Å². The summed E-state index contributed by atoms with van der Waals surface area (Å²) in [5, 5.41) is 18.3. The molecule has 1 aliphatic rings. The van der Waals surface area contributed by atoms with E-state index >= 15 is 0 Å². The summed E-state index contributed by atoms with van der Waals surface area (Å²) < 4.78 is 31.4. The van der Waals surface area contributed by atoms with Crippen LogP contribution in [-0.2, 0) is 14.8 Å². The summed E-state index contributed by atoms with van der Waals surface area (Å²) >= 11 is 0. The lowest BCUT2D eigenvalue weighted by Crippen LogP contribution is -2.50. The Morgan fingerprint density at radius 3 is 2.75 bits per heavy atom. The van der Waals surface area contributed by atoms with Crippen molar-refractivity contribution in [1.29, 1.82) is 0 Å². The Balaban J connectivity index is 2.47. The number of nitrogens with zero attached hydrogens (tertiary/aromatic N) is 1. The minimum Gasteiger partial charge on any atom is -0.478 e. The molecule has 0 aromatic heterocycles. The zero-order chi connectivity index (χ0) is 14.8. The maximum Gasteiger partial charge on any atom is 0.337 e. The van der Waals surface area contributed by atoms with Gasteiger partial charge in [0.2, 0.25) is 10.0 Å². The van der Waals surface area contributed by atoms with Gasteiger partial charge >= 0.3 is 5.97 Å². The predicted molar refractivity (Wildman–Crippen MR) is 69.0 cm³/mol. The van der Waals surface area contributed by atoms with Crippen LogP contribution in [-0.4, -0.2) is 61.3 Å². The molecular weight excluding hydrogens is 286 g/mol. The van der Waals surface area contributed by atoms with Crippen LogP contribution in [0.1, 0.15) is 10.4 Å². The summed E-state index contributed by atoms with van der Waals surface area (Å²) in [6.45, 7) is 0.00587. The van der Waals surface area contributed by atoms with Crippen molar-refractivity contribution in [3.8, 4) is 0 Å². The average Bonchev–Trinajstić information content (AvgIpc) is 2.47. The fourth-order valence-corrected chi connectivity index (χ4v) is 3.87. The predicted octanol–water partition coefficient (Wildman–Crippen LogP) is -0.233. The first-order valence-electron chi connectivity index (χ1n) is 6.01. The minimum atomic E-state index is -3.99. The van der Waals surface area contributed by atoms with Gasteiger partial charge in [0.1, 0.15) is 0 Å². The van der Waals surface area contributed by atoms with E-state index in [1.165, 1.54) is 24.3 Å². The number of rotatable bonds is 4. The maximum absolute atomic E-state index is 12.6. The summed E-state index contributed by atoms with van der Waals surface area (Å²) in [4.78, 5) is 10.9. The Morgan fingerprint density at radius 2 is 2.10 bits per heavy atom. The lowest BCUT2D eigenvalue weighted by atomic mass is 10.2. The van der Waals surface area contributed by atoms with Gasteiger partial charge in [0, 0.05) is 6.54 Å². The summed E-state index contributed by atoms with van der Waals surface area (Å²) in [6.07, 6.45) is 0. The Kier molecular flexibility index (Phi) is 4.39. The molecule has 0 aliphatic carbocycles. The second-order valence-corrected chi connectivity index (χ2v) is 6.19. The van der Waals surface area contributed by atoms with E-state index < -0.39 is 22.0 Å². The molecule has 0 saturated carbocycles. The second-order valence-electron chi connectivity index (χ2n) is 4.33. The Labute approximate surface area is 116 Å². The van der Waals surface area contributed by atoms with E-state index in [1.807, 2.05) is 0 Å². The highest BCUT2D eigenvalue weighted by Gasteiger charge is 2.35. The van der Waals surface area contributed by atoms with E-state index in [1.54, 1.807) is 0 Å². The number of carbonyl (C=O) groups is 1. The number of ether oxygens (including phenoxy) is 1. The molecule has 2 N–H and O–H groups in total. The van der Waals surface area contributed by atoms with Gasteiger partial charge in [-0.3, -0.25) is 0 Å². The first-order valence-corrected chi connectivity index (χ1v) is 7.45. The fourth-order valence-electron chi connectivity index (χ4n) is 2.09. The van der Waals surface area contributed by atoms with E-state index in [9.17, 15) is 18.3 Å². The highest BCUT2D eigenvalue weighted by atomic mass is 32.2. The number of hydrogen-bond donors (Lipinski definition) is 2. The molecule has 1 saturated heterocycles. The molecule has 1 atom stereocenters. The van der Waals surface area contributed by atoms with Crippen LogP contribution >= 0.6 is 0 Å². The molecule has 0 spiro atoms. The molecule has 110 valence electrons. The zero-order valence-electron chi connectivity index (χ0n) is 10.6. The summed E-state index contributed by atoms with van der Waals surface area (Å²) in [6, 6.07) is 4.72. The summed E-state index contributed by atoms with van der Waals surface area (Å²) in [5.74, 6) is -1.31. The molecule has 0 bridgehead atoms. The number of morpholine rings is 1. The molecule has 20 heavy (non-hydrogen) atoms. The highest BCUT2D eigenvalue weighted by molar-refractivity contribution is 7.89. The topological polar surface area (TPSA) is 104 Å². The molecule has 1 aromatic carbocycles. The van der Waals surface area contributed by atoms with Gasteiger partial charge in [0.15, 0.2) is 0 Å². The Hall–Kier alpha value is -1.48. The smallest absolute Gasteiger partial charge is 0.337 e. The van der Waals surface area contributed by atoms with Gasteiger partial charge in [0.05, 0.1) is 36.3 Å². The third kappa shape index (κ3) is 2.68. The molecule has 1 fully saturated rings. The van der Waals surface area contributed by atoms with Gasteiger partial charge in [-0.05, 0) is 12.1 Å². The molecule has 7 nitrogen and oxygen atoms in total.